The normalized spacial score (nSPS) is 21.6. The first-order valence-electron chi connectivity index (χ1n) is 4.81. The zero-order valence-corrected chi connectivity index (χ0v) is 7.76. The van der Waals surface area contributed by atoms with Crippen LogP contribution in [0, 0.1) is 6.92 Å². The van der Waals surface area contributed by atoms with E-state index in [1.165, 1.54) is 18.4 Å². The Labute approximate surface area is 77.9 Å². The zero-order chi connectivity index (χ0) is 8.89. The Bertz CT molecular complexity index is 355. The second-order valence-electron chi connectivity index (χ2n) is 4.14. The van der Waals surface area contributed by atoms with Gasteiger partial charge in [-0.15, -0.1) is 0 Å². The molecule has 0 amide bonds. The molecule has 0 radical (unpaired) electrons. The standard InChI is InChI=1S/C11H13NO/c1-8-2-3-9-10(6-8)13-11(4-5-11)7-12-9/h2-3,6,12H,4-5,7H2,1H3. The quantitative estimate of drug-likeness (QED) is 0.653. The van der Waals surface area contributed by atoms with Gasteiger partial charge in [-0.3, -0.25) is 0 Å². The Morgan fingerprint density at radius 2 is 2.23 bits per heavy atom. The van der Waals surface area contributed by atoms with Crippen LogP contribution in [-0.4, -0.2) is 12.1 Å². The van der Waals surface area contributed by atoms with Crippen molar-refractivity contribution in [2.24, 2.45) is 0 Å². The second kappa shape index (κ2) is 2.19. The lowest BCUT2D eigenvalue weighted by Crippen LogP contribution is -2.32. The molecule has 1 fully saturated rings. The van der Waals surface area contributed by atoms with Gasteiger partial charge in [0.2, 0.25) is 0 Å². The van der Waals surface area contributed by atoms with Crippen molar-refractivity contribution in [3.05, 3.63) is 23.8 Å². The highest BCUT2D eigenvalue weighted by Gasteiger charge is 2.47. The van der Waals surface area contributed by atoms with Crippen LogP contribution in [-0.2, 0) is 0 Å². The van der Waals surface area contributed by atoms with Gasteiger partial charge in [0.15, 0.2) is 0 Å². The monoisotopic (exact) mass is 175 g/mol. The van der Waals surface area contributed by atoms with Gasteiger partial charge in [-0.25, -0.2) is 0 Å². The number of hydrogen-bond donors (Lipinski definition) is 1. The van der Waals surface area contributed by atoms with Gasteiger partial charge in [-0.2, -0.15) is 0 Å². The second-order valence-corrected chi connectivity index (χ2v) is 4.14. The predicted molar refractivity (Wildman–Crippen MR) is 52.3 cm³/mol. The summed E-state index contributed by atoms with van der Waals surface area (Å²) in [7, 11) is 0. The van der Waals surface area contributed by atoms with Gasteiger partial charge < -0.3 is 10.1 Å². The summed E-state index contributed by atoms with van der Waals surface area (Å²) in [4.78, 5) is 0. The maximum atomic E-state index is 5.95. The van der Waals surface area contributed by atoms with E-state index in [0.717, 1.165) is 18.0 Å². The third kappa shape index (κ3) is 1.09. The average Bonchev–Trinajstić information content (AvgIpc) is 2.84. The molecule has 1 N–H and O–H groups in total. The van der Waals surface area contributed by atoms with Crippen LogP contribution in [0.5, 0.6) is 5.75 Å². The number of aryl methyl sites for hydroxylation is 1. The molecule has 0 saturated heterocycles. The predicted octanol–water partition coefficient (Wildman–Crippen LogP) is 2.33. The SMILES string of the molecule is Cc1ccc2c(c1)OC1(CC1)CN2. The van der Waals surface area contributed by atoms with Crippen molar-refractivity contribution >= 4 is 5.69 Å². The summed E-state index contributed by atoms with van der Waals surface area (Å²) in [5, 5.41) is 3.42. The smallest absolute Gasteiger partial charge is 0.143 e. The molecule has 1 saturated carbocycles. The van der Waals surface area contributed by atoms with E-state index in [1.807, 2.05) is 0 Å². The highest BCUT2D eigenvalue weighted by atomic mass is 16.5. The van der Waals surface area contributed by atoms with Gasteiger partial charge in [0.05, 0.1) is 12.2 Å². The molecule has 0 atom stereocenters. The van der Waals surface area contributed by atoms with E-state index in [9.17, 15) is 0 Å². The van der Waals surface area contributed by atoms with Crippen molar-refractivity contribution in [1.82, 2.24) is 0 Å². The number of fused-ring (bicyclic) bond motifs is 1. The van der Waals surface area contributed by atoms with Crippen LogP contribution < -0.4 is 10.1 Å². The molecule has 3 rings (SSSR count). The van der Waals surface area contributed by atoms with E-state index in [2.05, 4.69) is 30.4 Å². The first kappa shape index (κ1) is 7.25. The Kier molecular flexibility index (Phi) is 1.22. The van der Waals surface area contributed by atoms with Crippen molar-refractivity contribution in [3.63, 3.8) is 0 Å². The first-order chi connectivity index (χ1) is 6.27. The highest BCUT2D eigenvalue weighted by Crippen LogP contribution is 2.45. The van der Waals surface area contributed by atoms with Crippen LogP contribution in [0.25, 0.3) is 0 Å². The average molecular weight is 175 g/mol. The fraction of sp³-hybridized carbons (Fsp3) is 0.455. The minimum Gasteiger partial charge on any atom is -0.483 e. The van der Waals surface area contributed by atoms with E-state index >= 15 is 0 Å². The summed E-state index contributed by atoms with van der Waals surface area (Å²) < 4.78 is 5.95. The molecule has 0 unspecified atom stereocenters. The van der Waals surface area contributed by atoms with Crippen molar-refractivity contribution in [1.29, 1.82) is 0 Å². The molecule has 1 aromatic carbocycles. The van der Waals surface area contributed by atoms with Crippen molar-refractivity contribution < 1.29 is 4.74 Å². The molecule has 1 spiro atoms. The molecule has 0 aromatic heterocycles. The van der Waals surface area contributed by atoms with Gasteiger partial charge >= 0.3 is 0 Å². The Hall–Kier alpha value is -1.18. The van der Waals surface area contributed by atoms with Gasteiger partial charge in [0, 0.05) is 0 Å². The lowest BCUT2D eigenvalue weighted by atomic mass is 10.1. The first-order valence-corrected chi connectivity index (χ1v) is 4.81. The highest BCUT2D eigenvalue weighted by molar-refractivity contribution is 5.60. The molecular weight excluding hydrogens is 162 g/mol. The molecule has 68 valence electrons. The third-order valence-electron chi connectivity index (χ3n) is 2.87. The van der Waals surface area contributed by atoms with Crippen LogP contribution in [0.2, 0.25) is 0 Å². The van der Waals surface area contributed by atoms with E-state index < -0.39 is 0 Å². The minimum atomic E-state index is 0.154. The molecule has 2 aliphatic rings. The largest absolute Gasteiger partial charge is 0.483 e. The maximum absolute atomic E-state index is 5.95. The summed E-state index contributed by atoms with van der Waals surface area (Å²) in [5.74, 6) is 1.03. The fourth-order valence-corrected chi connectivity index (χ4v) is 1.80. The lowest BCUT2D eigenvalue weighted by molar-refractivity contribution is 0.184. The molecule has 1 aliphatic heterocycles. The number of anilines is 1. The molecule has 13 heavy (non-hydrogen) atoms. The summed E-state index contributed by atoms with van der Waals surface area (Å²) in [6, 6.07) is 6.32. The maximum Gasteiger partial charge on any atom is 0.143 e. The van der Waals surface area contributed by atoms with E-state index in [1.54, 1.807) is 0 Å². The molecule has 1 aromatic rings. The fourth-order valence-electron chi connectivity index (χ4n) is 1.80. The van der Waals surface area contributed by atoms with Crippen LogP contribution in [0.3, 0.4) is 0 Å². The van der Waals surface area contributed by atoms with Crippen LogP contribution in [0.15, 0.2) is 18.2 Å². The van der Waals surface area contributed by atoms with Gasteiger partial charge in [-0.05, 0) is 37.5 Å². The number of ether oxygens (including phenoxy) is 1. The Morgan fingerprint density at radius 1 is 1.38 bits per heavy atom. The number of rotatable bonds is 0. The van der Waals surface area contributed by atoms with E-state index in [4.69, 9.17) is 4.74 Å². The molecular formula is C11H13NO. The Balaban J connectivity index is 2.02. The zero-order valence-electron chi connectivity index (χ0n) is 7.76. The minimum absolute atomic E-state index is 0.154. The van der Waals surface area contributed by atoms with Crippen molar-refractivity contribution in [2.75, 3.05) is 11.9 Å². The number of hydrogen-bond acceptors (Lipinski definition) is 2. The van der Waals surface area contributed by atoms with Crippen molar-refractivity contribution in [2.45, 2.75) is 25.4 Å². The summed E-state index contributed by atoms with van der Waals surface area (Å²) >= 11 is 0. The molecule has 1 aliphatic carbocycles. The number of nitrogens with one attached hydrogen (secondary N) is 1. The van der Waals surface area contributed by atoms with Gasteiger partial charge in [0.1, 0.15) is 11.4 Å². The number of benzene rings is 1. The summed E-state index contributed by atoms with van der Waals surface area (Å²) in [6.45, 7) is 3.07. The molecule has 0 bridgehead atoms. The Morgan fingerprint density at radius 3 is 3.00 bits per heavy atom. The van der Waals surface area contributed by atoms with Crippen LogP contribution in [0.1, 0.15) is 18.4 Å². The van der Waals surface area contributed by atoms with Crippen LogP contribution in [0.4, 0.5) is 5.69 Å². The summed E-state index contributed by atoms with van der Waals surface area (Å²) in [5.41, 5.74) is 2.56. The third-order valence-corrected chi connectivity index (χ3v) is 2.87. The lowest BCUT2D eigenvalue weighted by Gasteiger charge is -2.27. The molecule has 2 nitrogen and oxygen atoms in total. The topological polar surface area (TPSA) is 21.3 Å². The van der Waals surface area contributed by atoms with Gasteiger partial charge in [0.25, 0.3) is 0 Å². The summed E-state index contributed by atoms with van der Waals surface area (Å²) in [6.07, 6.45) is 2.40. The van der Waals surface area contributed by atoms with Crippen molar-refractivity contribution in [3.8, 4) is 5.75 Å². The van der Waals surface area contributed by atoms with Gasteiger partial charge in [-0.1, -0.05) is 6.07 Å². The molecule has 1 heterocycles. The molecule has 2 heteroatoms. The van der Waals surface area contributed by atoms with E-state index in [0.29, 0.717) is 0 Å². The van der Waals surface area contributed by atoms with E-state index in [-0.39, 0.29) is 5.60 Å². The van der Waals surface area contributed by atoms with Crippen LogP contribution >= 0.6 is 0 Å².